The third kappa shape index (κ3) is 3.47. The van der Waals surface area contributed by atoms with Crippen LogP contribution in [0.3, 0.4) is 0 Å². The van der Waals surface area contributed by atoms with Gasteiger partial charge in [0.15, 0.2) is 11.4 Å². The lowest BCUT2D eigenvalue weighted by molar-refractivity contribution is -0.159. The van der Waals surface area contributed by atoms with Crippen molar-refractivity contribution in [3.63, 3.8) is 0 Å². The van der Waals surface area contributed by atoms with Gasteiger partial charge in [-0.3, -0.25) is 19.3 Å². The summed E-state index contributed by atoms with van der Waals surface area (Å²) in [6, 6.07) is 1.24. The molecule has 1 saturated carbocycles. The molecule has 3 aliphatic carbocycles. The summed E-state index contributed by atoms with van der Waals surface area (Å²) in [6.45, 7) is 1.34. The number of aliphatic hydroxyl groups is 4. The number of carbonyl (C=O) groups is 3. The lowest BCUT2D eigenvalue weighted by Crippen LogP contribution is -2.67. The lowest BCUT2D eigenvalue weighted by atomic mass is 9.54. The molecule has 1 aromatic rings. The molecule has 7 N–H and O–H groups in total. The Kier molecular flexibility index (Phi) is 6.05. The fourth-order valence-electron chi connectivity index (χ4n) is 5.58. The minimum absolute atomic E-state index is 0. The number of phenolic OH excluding ortho intramolecular Hbond substituents is 1. The van der Waals surface area contributed by atoms with Crippen LogP contribution in [0.4, 0.5) is 0 Å². The van der Waals surface area contributed by atoms with Gasteiger partial charge in [-0.05, 0) is 39.6 Å². The first-order chi connectivity index (χ1) is 16.9. The van der Waals surface area contributed by atoms with Gasteiger partial charge in [-0.15, -0.1) is 12.4 Å². The number of amides is 1. The summed E-state index contributed by atoms with van der Waals surface area (Å²) in [4.78, 5) is 40.1. The van der Waals surface area contributed by atoms with Crippen LogP contribution in [0.1, 0.15) is 35.9 Å². The summed E-state index contributed by atoms with van der Waals surface area (Å²) in [5.74, 6) is -8.30. The summed E-state index contributed by atoms with van der Waals surface area (Å²) in [6.07, 6.45) is -0.259. The molecule has 192 valence electrons. The zero-order valence-electron chi connectivity index (χ0n) is 21.9. The number of halogens is 2. The van der Waals surface area contributed by atoms with Crippen molar-refractivity contribution >= 4 is 47.2 Å². The van der Waals surface area contributed by atoms with Gasteiger partial charge in [0.1, 0.15) is 22.8 Å². The van der Waals surface area contributed by atoms with Crippen LogP contribution in [0.5, 0.6) is 5.75 Å². The van der Waals surface area contributed by atoms with E-state index in [1.807, 2.05) is 0 Å². The van der Waals surface area contributed by atoms with Crippen LogP contribution in [0.15, 0.2) is 29.0 Å². The van der Waals surface area contributed by atoms with Crippen molar-refractivity contribution in [3.8, 4) is 5.75 Å². The third-order valence-electron chi connectivity index (χ3n) is 7.07. The highest BCUT2D eigenvalue weighted by Crippen LogP contribution is 2.58. The van der Waals surface area contributed by atoms with E-state index in [-0.39, 0.29) is 35.0 Å². The molecule has 0 spiro atoms. The van der Waals surface area contributed by atoms with E-state index < -0.39 is 82.3 Å². The second-order valence-corrected chi connectivity index (χ2v) is 9.48. The molecule has 0 saturated heterocycles. The number of likely N-dealkylation sites (N-methyl/N-ethyl adjacent to an activating group) is 1. The summed E-state index contributed by atoms with van der Waals surface area (Å²) in [5.41, 5.74) is -1.10. The van der Waals surface area contributed by atoms with Gasteiger partial charge >= 0.3 is 0 Å². The van der Waals surface area contributed by atoms with E-state index in [9.17, 15) is 39.9 Å². The lowest BCUT2D eigenvalue weighted by Gasteiger charge is -2.53. The van der Waals surface area contributed by atoms with Gasteiger partial charge < -0.3 is 31.3 Å². The van der Waals surface area contributed by atoms with Crippen LogP contribution >= 0.6 is 24.0 Å². The number of nitrogens with zero attached hydrogens (tertiary/aromatic N) is 1. The van der Waals surface area contributed by atoms with E-state index >= 15 is 0 Å². The van der Waals surface area contributed by atoms with E-state index in [0.29, 0.717) is 0 Å². The molecule has 12 heteroatoms. The first kappa shape index (κ1) is 24.1. The predicted molar refractivity (Wildman–Crippen MR) is 129 cm³/mol. The Labute approximate surface area is 216 Å². The van der Waals surface area contributed by atoms with Crippen LogP contribution in [0.25, 0.3) is 5.76 Å². The van der Waals surface area contributed by atoms with Crippen LogP contribution in [-0.4, -0.2) is 73.6 Å². The molecule has 1 aromatic carbocycles. The summed E-state index contributed by atoms with van der Waals surface area (Å²) < 4.78 is 17.8. The molecule has 0 heterocycles. The molecule has 5 atom stereocenters. The molecular weight excluding hydrogens is 504 g/mol. The van der Waals surface area contributed by atoms with Crippen molar-refractivity contribution in [2.75, 3.05) is 14.1 Å². The van der Waals surface area contributed by atoms with E-state index in [4.69, 9.17) is 21.4 Å². The van der Waals surface area contributed by atoms with Crippen LogP contribution in [0.2, 0.25) is 5.02 Å². The summed E-state index contributed by atoms with van der Waals surface area (Å²) in [7, 11) is 1.56. The molecule has 4 rings (SSSR count). The van der Waals surface area contributed by atoms with Crippen molar-refractivity contribution in [2.24, 2.45) is 17.6 Å². The van der Waals surface area contributed by atoms with Crippen LogP contribution in [-0.2, 0) is 20.0 Å². The number of benzene rings is 1. The number of hydrogen-bond acceptors (Lipinski definition) is 9. The molecule has 0 bridgehead atoms. The number of hydrogen-bond donors (Lipinski definition) is 6. The van der Waals surface area contributed by atoms with Gasteiger partial charge in [0.2, 0.25) is 5.78 Å². The molecule has 10 nitrogen and oxygen atoms in total. The number of aliphatic hydroxyl groups excluding tert-OH is 2. The highest BCUT2D eigenvalue weighted by atomic mass is 35.5. The minimum atomic E-state index is -2.78. The predicted octanol–water partition coefficient (Wildman–Crippen LogP) is 1.34. The Morgan fingerprint density at radius 1 is 1.26 bits per heavy atom. The van der Waals surface area contributed by atoms with Crippen molar-refractivity contribution in [2.45, 2.75) is 37.9 Å². The quantitative estimate of drug-likeness (QED) is 0.241. The molecule has 1 unspecified atom stereocenters. The smallest absolute Gasteiger partial charge is 0.255 e. The third-order valence-corrected chi connectivity index (χ3v) is 7.39. The first-order valence-electron chi connectivity index (χ1n) is 11.8. The largest absolute Gasteiger partial charge is 0.508 e. The zero-order chi connectivity index (χ0) is 28.4. The van der Waals surface area contributed by atoms with Crippen molar-refractivity contribution in [1.29, 1.82) is 0 Å². The van der Waals surface area contributed by atoms with Gasteiger partial charge in [-0.1, -0.05) is 19.0 Å². The van der Waals surface area contributed by atoms with Gasteiger partial charge in [-0.2, -0.15) is 0 Å². The van der Waals surface area contributed by atoms with Gasteiger partial charge in [0.25, 0.3) is 5.91 Å². The van der Waals surface area contributed by atoms with E-state index in [2.05, 4.69) is 0 Å². The molecular formula is C23H28Cl2N2O8. The second kappa shape index (κ2) is 8.79. The monoisotopic (exact) mass is 534 g/mol. The number of Topliss-reactive ketones (excluding diaryl/α,β-unsaturated/α-hetero) is 2. The first-order valence-corrected chi connectivity index (χ1v) is 10.5. The summed E-state index contributed by atoms with van der Waals surface area (Å²) >= 11 is 6.28. The maximum atomic E-state index is 13.7. The molecule has 35 heavy (non-hydrogen) atoms. The van der Waals surface area contributed by atoms with Crippen LogP contribution < -0.4 is 5.73 Å². The molecule has 1 fully saturated rings. The molecule has 0 aromatic heterocycles. The van der Waals surface area contributed by atoms with Gasteiger partial charge in [0.05, 0.1) is 17.2 Å². The Morgan fingerprint density at radius 2 is 1.83 bits per heavy atom. The number of fused-ring (bicyclic) bond motifs is 3. The molecule has 0 radical (unpaired) electrons. The van der Waals surface area contributed by atoms with Crippen molar-refractivity contribution in [3.05, 3.63) is 45.2 Å². The standard InChI is InChI=1S/C22H23ClN2O8.CH4.ClH/c1-21(32)7-6-8-15(25(2)3)17(28)13(20(24)31)19(30)22(8,33)18(29)11(7)16(27)12-10(26)5-4-9(23)14(12)21;;/h4-5,7-8,15,26-27,30,32-33H,6H2,1-3H3,(H2,24,31);1H4;1H/t7?,8-,15-,21-,22-;;/m0../s1/i;1+1D3;. The minimum Gasteiger partial charge on any atom is -0.508 e. The number of carbonyl (C=O) groups excluding carboxylic acids is 3. The summed E-state index contributed by atoms with van der Waals surface area (Å²) in [5, 5.41) is 55.2. The fourth-order valence-corrected chi connectivity index (χ4v) is 5.93. The highest BCUT2D eigenvalue weighted by Gasteiger charge is 2.66. The number of aromatic hydroxyl groups is 1. The Bertz CT molecular complexity index is 1260. The maximum Gasteiger partial charge on any atom is 0.255 e. The molecule has 0 aliphatic heterocycles. The van der Waals surface area contributed by atoms with Crippen molar-refractivity contribution in [1.82, 2.24) is 4.90 Å². The number of nitrogens with two attached hydrogens (primary N) is 1. The normalized spacial score (nSPS) is 32.9. The zero-order valence-corrected chi connectivity index (χ0v) is 20.5. The Balaban J connectivity index is 0.000000947. The number of rotatable bonds is 2. The van der Waals surface area contributed by atoms with E-state index in [1.165, 1.54) is 38.1 Å². The Morgan fingerprint density at radius 3 is 2.34 bits per heavy atom. The number of ketones is 2. The van der Waals surface area contributed by atoms with Crippen LogP contribution in [0, 0.1) is 11.8 Å². The highest BCUT2D eigenvalue weighted by molar-refractivity contribution is 6.32. The average molecular weight is 535 g/mol. The topological polar surface area (TPSA) is 182 Å². The average Bonchev–Trinajstić information content (AvgIpc) is 2.75. The SMILES string of the molecule is CN(C)[C@@H]1C(=O)C(C(N)=O)=C(O)[C@@]2(O)C(=O)C3=C(O)c4c(O)ccc(Cl)c4[C@@](C)(O)C3C[C@@H]12.Cl.[2H][13CH]([2H])[2H]. The van der Waals surface area contributed by atoms with Gasteiger partial charge in [0, 0.05) is 32.1 Å². The van der Waals surface area contributed by atoms with Crippen molar-refractivity contribution < 1.29 is 44.0 Å². The number of phenols is 1. The Hall–Kier alpha value is -2.63. The maximum absolute atomic E-state index is 13.7. The van der Waals surface area contributed by atoms with E-state index in [1.54, 1.807) is 0 Å². The second-order valence-electron chi connectivity index (χ2n) is 9.08. The number of primary amides is 1. The fraction of sp³-hybridized carbons (Fsp3) is 0.435. The molecule has 3 aliphatic rings. The van der Waals surface area contributed by atoms with Gasteiger partial charge in [-0.25, -0.2) is 0 Å². The van der Waals surface area contributed by atoms with E-state index in [0.717, 1.165) is 0 Å². The molecule has 1 amide bonds.